The minimum absolute atomic E-state index is 0.0136. The Morgan fingerprint density at radius 1 is 1.17 bits per heavy atom. The molecule has 0 aliphatic carbocycles. The first kappa shape index (κ1) is 16.8. The van der Waals surface area contributed by atoms with Crippen LogP contribution in [-0.2, 0) is 11.2 Å². The smallest absolute Gasteiger partial charge is 0.342 e. The summed E-state index contributed by atoms with van der Waals surface area (Å²) in [5.41, 5.74) is 1.78. The highest BCUT2D eigenvalue weighted by molar-refractivity contribution is 5.99. The molecule has 0 atom stereocenters. The average Bonchev–Trinajstić information content (AvgIpc) is 2.44. The lowest BCUT2D eigenvalue weighted by molar-refractivity contribution is 0.0507. The zero-order valence-corrected chi connectivity index (χ0v) is 13.1. The van der Waals surface area contributed by atoms with Crippen LogP contribution < -0.4 is 0 Å². The number of fused-ring (bicyclic) bond motifs is 1. The number of phenolic OH excluding ortho intramolecular Hbond substituents is 2. The van der Waals surface area contributed by atoms with Crippen molar-refractivity contribution in [2.45, 2.75) is 32.6 Å². The van der Waals surface area contributed by atoms with Gasteiger partial charge in [0.05, 0.1) is 6.61 Å². The number of hydrogen-bond donors (Lipinski definition) is 3. The lowest BCUT2D eigenvalue weighted by Gasteiger charge is -2.12. The first-order valence-electron chi connectivity index (χ1n) is 7.59. The topological polar surface area (TPSA) is 90.6 Å². The first-order chi connectivity index (χ1) is 11.0. The number of hydrogen-bond acceptors (Lipinski definition) is 5. The number of rotatable bonds is 0. The maximum Gasteiger partial charge on any atom is 0.342 e. The number of aromatic hydroxyl groups is 2. The van der Waals surface area contributed by atoms with Gasteiger partial charge in [0.15, 0.2) is 0 Å². The normalized spacial score (nSPS) is 20.7. The zero-order chi connectivity index (χ0) is 16.8. The number of phenols is 2. The van der Waals surface area contributed by atoms with Crippen LogP contribution in [0.3, 0.4) is 0 Å². The number of ether oxygens (including phenoxy) is 1. The Balaban J connectivity index is 2.40. The standard InChI is InChI=1S/C18H21NO4/c1-12-6-4-2-3-5-7-23-18(22)17-13(9-14(19)8-12)10-15(20)11-16(17)21/h2-3,8,10-11,19-21H,4-7,9H2,1H3/b3-2+,12-8+,19-14?. The Kier molecular flexibility index (Phi) is 5.57. The summed E-state index contributed by atoms with van der Waals surface area (Å²) in [7, 11) is 0. The van der Waals surface area contributed by atoms with Gasteiger partial charge in [-0.1, -0.05) is 17.7 Å². The Morgan fingerprint density at radius 2 is 1.91 bits per heavy atom. The monoisotopic (exact) mass is 315 g/mol. The minimum atomic E-state index is -0.642. The van der Waals surface area contributed by atoms with Crippen LogP contribution in [0.25, 0.3) is 0 Å². The molecule has 0 fully saturated rings. The number of carbonyl (C=O) groups excluding carboxylic acids is 1. The highest BCUT2D eigenvalue weighted by atomic mass is 16.5. The number of benzene rings is 1. The molecule has 0 unspecified atom stereocenters. The van der Waals surface area contributed by atoms with E-state index in [-0.39, 0.29) is 30.1 Å². The van der Waals surface area contributed by atoms with E-state index in [9.17, 15) is 15.0 Å². The fraction of sp³-hybridized carbons (Fsp3) is 0.333. The van der Waals surface area contributed by atoms with E-state index in [1.165, 1.54) is 6.07 Å². The number of carbonyl (C=O) groups is 1. The van der Waals surface area contributed by atoms with E-state index in [1.54, 1.807) is 6.08 Å². The van der Waals surface area contributed by atoms with Crippen molar-refractivity contribution >= 4 is 11.7 Å². The van der Waals surface area contributed by atoms with Crippen LogP contribution in [0.4, 0.5) is 0 Å². The van der Waals surface area contributed by atoms with E-state index in [4.69, 9.17) is 10.1 Å². The van der Waals surface area contributed by atoms with Gasteiger partial charge in [-0.15, -0.1) is 0 Å². The second kappa shape index (κ2) is 7.63. The van der Waals surface area contributed by atoms with Crippen LogP contribution in [-0.4, -0.2) is 28.5 Å². The third-order valence-corrected chi connectivity index (χ3v) is 3.58. The van der Waals surface area contributed by atoms with Crippen LogP contribution in [0.1, 0.15) is 42.1 Å². The molecule has 1 aliphatic heterocycles. The molecule has 1 aliphatic rings. The summed E-state index contributed by atoms with van der Waals surface area (Å²) in [6.45, 7) is 2.19. The van der Waals surface area contributed by atoms with Gasteiger partial charge in [-0.05, 0) is 43.9 Å². The minimum Gasteiger partial charge on any atom is -0.508 e. The fourth-order valence-electron chi connectivity index (χ4n) is 2.51. The molecule has 122 valence electrons. The van der Waals surface area contributed by atoms with E-state index in [0.29, 0.717) is 17.7 Å². The van der Waals surface area contributed by atoms with Gasteiger partial charge in [-0.3, -0.25) is 0 Å². The van der Waals surface area contributed by atoms with Gasteiger partial charge in [0.2, 0.25) is 0 Å². The van der Waals surface area contributed by atoms with Gasteiger partial charge >= 0.3 is 5.97 Å². The summed E-state index contributed by atoms with van der Waals surface area (Å²) in [5.74, 6) is -1.12. The van der Waals surface area contributed by atoms with Crippen LogP contribution >= 0.6 is 0 Å². The summed E-state index contributed by atoms with van der Waals surface area (Å²) in [6, 6.07) is 2.49. The molecule has 0 saturated carbocycles. The Morgan fingerprint density at radius 3 is 2.70 bits per heavy atom. The molecule has 3 N–H and O–H groups in total. The van der Waals surface area contributed by atoms with Crippen molar-refractivity contribution in [3.63, 3.8) is 0 Å². The number of esters is 1. The zero-order valence-electron chi connectivity index (χ0n) is 13.1. The first-order valence-corrected chi connectivity index (χ1v) is 7.59. The lowest BCUT2D eigenvalue weighted by Crippen LogP contribution is -2.12. The molecule has 0 spiro atoms. The number of cyclic esters (lactones) is 1. The SMILES string of the molecule is C/C1=C\C(=N)Cc2cc(O)cc(O)c2C(=O)OCC/C=C/CC1. The molecular weight excluding hydrogens is 294 g/mol. The van der Waals surface area contributed by atoms with Gasteiger partial charge in [0.1, 0.15) is 17.1 Å². The maximum absolute atomic E-state index is 12.2. The van der Waals surface area contributed by atoms with Gasteiger partial charge < -0.3 is 20.4 Å². The van der Waals surface area contributed by atoms with E-state index >= 15 is 0 Å². The number of allylic oxidation sites excluding steroid dienone is 3. The maximum atomic E-state index is 12.2. The van der Waals surface area contributed by atoms with Gasteiger partial charge in [-0.25, -0.2) is 4.79 Å². The molecule has 5 heteroatoms. The predicted octanol–water partition coefficient (Wildman–Crippen LogP) is 3.50. The van der Waals surface area contributed by atoms with Gasteiger partial charge in [0, 0.05) is 18.2 Å². The van der Waals surface area contributed by atoms with Crippen molar-refractivity contribution in [3.05, 3.63) is 47.1 Å². The van der Waals surface area contributed by atoms with Gasteiger partial charge in [0.25, 0.3) is 0 Å². The Hall–Kier alpha value is -2.56. The number of nitrogens with one attached hydrogen (secondary N) is 1. The van der Waals surface area contributed by atoms with Crippen LogP contribution in [0, 0.1) is 5.41 Å². The highest BCUT2D eigenvalue weighted by Crippen LogP contribution is 2.29. The van der Waals surface area contributed by atoms with Crippen LogP contribution in [0.5, 0.6) is 11.5 Å². The summed E-state index contributed by atoms with van der Waals surface area (Å²) in [6.07, 6.45) is 8.23. The molecule has 2 rings (SSSR count). The summed E-state index contributed by atoms with van der Waals surface area (Å²) >= 11 is 0. The van der Waals surface area contributed by atoms with E-state index in [2.05, 4.69) is 0 Å². The molecule has 0 saturated heterocycles. The van der Waals surface area contributed by atoms with E-state index in [1.807, 2.05) is 19.1 Å². The predicted molar refractivity (Wildman–Crippen MR) is 88.2 cm³/mol. The third-order valence-electron chi connectivity index (χ3n) is 3.58. The van der Waals surface area contributed by atoms with Crippen molar-refractivity contribution in [1.29, 1.82) is 5.41 Å². The molecule has 0 bridgehead atoms. The Labute approximate surface area is 135 Å². The molecule has 5 nitrogen and oxygen atoms in total. The summed E-state index contributed by atoms with van der Waals surface area (Å²) in [4.78, 5) is 12.2. The van der Waals surface area contributed by atoms with Gasteiger partial charge in [-0.2, -0.15) is 0 Å². The molecule has 0 aromatic heterocycles. The van der Waals surface area contributed by atoms with Crippen LogP contribution in [0.15, 0.2) is 35.9 Å². The van der Waals surface area contributed by atoms with Crippen molar-refractivity contribution in [1.82, 2.24) is 0 Å². The molecule has 0 radical (unpaired) electrons. The second-order valence-electron chi connectivity index (χ2n) is 5.63. The fourth-order valence-corrected chi connectivity index (χ4v) is 2.51. The Bertz CT molecular complexity index is 674. The summed E-state index contributed by atoms with van der Waals surface area (Å²) in [5, 5.41) is 27.7. The average molecular weight is 315 g/mol. The van der Waals surface area contributed by atoms with E-state index < -0.39 is 5.97 Å². The molecule has 23 heavy (non-hydrogen) atoms. The van der Waals surface area contributed by atoms with Crippen molar-refractivity contribution in [2.24, 2.45) is 0 Å². The molecule has 1 aromatic carbocycles. The second-order valence-corrected chi connectivity index (χ2v) is 5.63. The highest BCUT2D eigenvalue weighted by Gasteiger charge is 2.20. The van der Waals surface area contributed by atoms with Crippen molar-refractivity contribution in [3.8, 4) is 11.5 Å². The summed E-state index contributed by atoms with van der Waals surface area (Å²) < 4.78 is 5.17. The largest absolute Gasteiger partial charge is 0.508 e. The lowest BCUT2D eigenvalue weighted by atomic mass is 9.98. The van der Waals surface area contributed by atoms with Crippen LogP contribution in [0.2, 0.25) is 0 Å². The molecule has 1 aromatic rings. The molecule has 0 amide bonds. The van der Waals surface area contributed by atoms with Crippen molar-refractivity contribution in [2.75, 3.05) is 6.61 Å². The molecule has 1 heterocycles. The molecular formula is C18H21NO4. The third kappa shape index (κ3) is 4.71. The quantitative estimate of drug-likeness (QED) is 0.505. The van der Waals surface area contributed by atoms with E-state index in [0.717, 1.165) is 24.5 Å². The van der Waals surface area contributed by atoms with Crippen molar-refractivity contribution < 1.29 is 19.7 Å².